The highest BCUT2D eigenvalue weighted by atomic mass is 79.9. The molecule has 1 aromatic heterocycles. The number of nitrogens with two attached hydrogens (primary N) is 1. The molecule has 4 heteroatoms. The number of hydrogen-bond acceptors (Lipinski definition) is 3. The standard InChI is InChI=1S/C11H16BrN3/c12-10-7-14-4-3-11(10)15-5-1-2-9(6-13)8-15/h3-4,7,9H,1-2,5-6,8,13H2. The predicted molar refractivity (Wildman–Crippen MR) is 65.9 cm³/mol. The summed E-state index contributed by atoms with van der Waals surface area (Å²) < 4.78 is 1.07. The van der Waals surface area contributed by atoms with Crippen molar-refractivity contribution in [3.8, 4) is 0 Å². The van der Waals surface area contributed by atoms with Crippen molar-refractivity contribution in [1.29, 1.82) is 0 Å². The van der Waals surface area contributed by atoms with Gasteiger partial charge in [0, 0.05) is 25.5 Å². The topological polar surface area (TPSA) is 42.1 Å². The normalized spacial score (nSPS) is 21.7. The van der Waals surface area contributed by atoms with Crippen molar-refractivity contribution in [3.05, 3.63) is 22.9 Å². The second-order valence-corrected chi connectivity index (χ2v) is 4.87. The first-order chi connectivity index (χ1) is 7.31. The Bertz CT molecular complexity index is 329. The Morgan fingerprint density at radius 2 is 2.47 bits per heavy atom. The van der Waals surface area contributed by atoms with Crippen LogP contribution in [-0.4, -0.2) is 24.6 Å². The van der Waals surface area contributed by atoms with E-state index in [2.05, 4.69) is 31.9 Å². The first kappa shape index (κ1) is 10.9. The van der Waals surface area contributed by atoms with Crippen LogP contribution in [0.5, 0.6) is 0 Å². The zero-order valence-electron chi connectivity index (χ0n) is 8.69. The van der Waals surface area contributed by atoms with Gasteiger partial charge in [0.15, 0.2) is 0 Å². The quantitative estimate of drug-likeness (QED) is 0.894. The largest absolute Gasteiger partial charge is 0.370 e. The molecule has 0 bridgehead atoms. The molecule has 1 aromatic rings. The number of rotatable bonds is 2. The summed E-state index contributed by atoms with van der Waals surface area (Å²) >= 11 is 3.54. The van der Waals surface area contributed by atoms with Crippen molar-refractivity contribution in [1.82, 2.24) is 4.98 Å². The molecule has 1 aliphatic heterocycles. The molecular formula is C11H16BrN3. The van der Waals surface area contributed by atoms with Gasteiger partial charge in [-0.1, -0.05) is 0 Å². The number of piperidine rings is 1. The monoisotopic (exact) mass is 269 g/mol. The van der Waals surface area contributed by atoms with Gasteiger partial charge in [-0.15, -0.1) is 0 Å². The van der Waals surface area contributed by atoms with Crippen LogP contribution in [0.15, 0.2) is 22.9 Å². The van der Waals surface area contributed by atoms with Crippen molar-refractivity contribution < 1.29 is 0 Å². The van der Waals surface area contributed by atoms with E-state index in [-0.39, 0.29) is 0 Å². The van der Waals surface area contributed by atoms with Crippen molar-refractivity contribution in [2.75, 3.05) is 24.5 Å². The van der Waals surface area contributed by atoms with Crippen LogP contribution in [0.25, 0.3) is 0 Å². The van der Waals surface area contributed by atoms with Gasteiger partial charge < -0.3 is 10.6 Å². The van der Waals surface area contributed by atoms with Crippen LogP contribution in [0.3, 0.4) is 0 Å². The van der Waals surface area contributed by atoms with Gasteiger partial charge in [0.1, 0.15) is 0 Å². The highest BCUT2D eigenvalue weighted by Crippen LogP contribution is 2.28. The van der Waals surface area contributed by atoms with E-state index < -0.39 is 0 Å². The summed E-state index contributed by atoms with van der Waals surface area (Å²) in [6.45, 7) is 2.98. The molecule has 0 spiro atoms. The minimum absolute atomic E-state index is 0.638. The molecule has 15 heavy (non-hydrogen) atoms. The lowest BCUT2D eigenvalue weighted by Gasteiger charge is -2.34. The number of nitrogens with zero attached hydrogens (tertiary/aromatic N) is 2. The first-order valence-electron chi connectivity index (χ1n) is 5.36. The van der Waals surface area contributed by atoms with E-state index in [1.807, 2.05) is 12.4 Å². The molecule has 1 fully saturated rings. The van der Waals surface area contributed by atoms with Gasteiger partial charge in [0.25, 0.3) is 0 Å². The summed E-state index contributed by atoms with van der Waals surface area (Å²) in [6, 6.07) is 2.06. The Hall–Kier alpha value is -0.610. The molecule has 1 unspecified atom stereocenters. The van der Waals surface area contributed by atoms with Crippen LogP contribution in [0.2, 0.25) is 0 Å². The number of anilines is 1. The molecule has 3 nitrogen and oxygen atoms in total. The highest BCUT2D eigenvalue weighted by Gasteiger charge is 2.20. The summed E-state index contributed by atoms with van der Waals surface area (Å²) in [5, 5.41) is 0. The molecule has 1 atom stereocenters. The van der Waals surface area contributed by atoms with E-state index in [9.17, 15) is 0 Å². The minimum Gasteiger partial charge on any atom is -0.370 e. The maximum absolute atomic E-state index is 5.73. The molecule has 0 aliphatic carbocycles. The summed E-state index contributed by atoms with van der Waals surface area (Å²) in [6.07, 6.45) is 6.18. The Labute approximate surface area is 98.8 Å². The van der Waals surface area contributed by atoms with Gasteiger partial charge in [-0.3, -0.25) is 4.98 Å². The van der Waals surface area contributed by atoms with E-state index >= 15 is 0 Å². The Morgan fingerprint density at radius 1 is 1.60 bits per heavy atom. The third-order valence-electron chi connectivity index (χ3n) is 2.94. The van der Waals surface area contributed by atoms with Gasteiger partial charge >= 0.3 is 0 Å². The molecule has 0 aromatic carbocycles. The van der Waals surface area contributed by atoms with E-state index in [1.165, 1.54) is 18.5 Å². The van der Waals surface area contributed by atoms with E-state index in [0.717, 1.165) is 24.1 Å². The smallest absolute Gasteiger partial charge is 0.0592 e. The van der Waals surface area contributed by atoms with Crippen LogP contribution >= 0.6 is 15.9 Å². The van der Waals surface area contributed by atoms with Crippen LogP contribution in [0.1, 0.15) is 12.8 Å². The molecule has 82 valence electrons. The number of halogens is 1. The number of pyridine rings is 1. The minimum atomic E-state index is 0.638. The Balaban J connectivity index is 2.13. The molecule has 0 amide bonds. The van der Waals surface area contributed by atoms with E-state index in [1.54, 1.807) is 0 Å². The molecular weight excluding hydrogens is 254 g/mol. The van der Waals surface area contributed by atoms with Gasteiger partial charge in [-0.25, -0.2) is 0 Å². The number of aromatic nitrogens is 1. The summed E-state index contributed by atoms with van der Waals surface area (Å²) in [5.74, 6) is 0.638. The fourth-order valence-electron chi connectivity index (χ4n) is 2.10. The molecule has 2 rings (SSSR count). The maximum Gasteiger partial charge on any atom is 0.0592 e. The zero-order chi connectivity index (χ0) is 10.7. The van der Waals surface area contributed by atoms with Gasteiger partial charge in [0.2, 0.25) is 0 Å². The number of hydrogen-bond donors (Lipinski definition) is 1. The van der Waals surface area contributed by atoms with Gasteiger partial charge in [0.05, 0.1) is 10.2 Å². The fourth-order valence-corrected chi connectivity index (χ4v) is 2.60. The lowest BCUT2D eigenvalue weighted by Crippen LogP contribution is -2.38. The van der Waals surface area contributed by atoms with Crippen LogP contribution in [0, 0.1) is 5.92 Å². The molecule has 1 saturated heterocycles. The first-order valence-corrected chi connectivity index (χ1v) is 6.15. The van der Waals surface area contributed by atoms with E-state index in [4.69, 9.17) is 5.73 Å². The van der Waals surface area contributed by atoms with Crippen LogP contribution < -0.4 is 10.6 Å². The average Bonchev–Trinajstić information content (AvgIpc) is 2.30. The van der Waals surface area contributed by atoms with Gasteiger partial charge in [-0.2, -0.15) is 0 Å². The second kappa shape index (κ2) is 4.94. The summed E-state index contributed by atoms with van der Waals surface area (Å²) in [4.78, 5) is 6.48. The molecule has 1 aliphatic rings. The van der Waals surface area contributed by atoms with Crippen molar-refractivity contribution >= 4 is 21.6 Å². The predicted octanol–water partition coefficient (Wildman–Crippen LogP) is 2.02. The zero-order valence-corrected chi connectivity index (χ0v) is 10.3. The third-order valence-corrected chi connectivity index (χ3v) is 3.56. The SMILES string of the molecule is NCC1CCCN(c2ccncc2Br)C1. The van der Waals surface area contributed by atoms with E-state index in [0.29, 0.717) is 5.92 Å². The molecule has 0 radical (unpaired) electrons. The fraction of sp³-hybridized carbons (Fsp3) is 0.545. The third kappa shape index (κ3) is 2.49. The van der Waals surface area contributed by atoms with Crippen LogP contribution in [0.4, 0.5) is 5.69 Å². The van der Waals surface area contributed by atoms with Gasteiger partial charge in [-0.05, 0) is 47.3 Å². The van der Waals surface area contributed by atoms with Crippen molar-refractivity contribution in [2.24, 2.45) is 11.7 Å². The average molecular weight is 270 g/mol. The van der Waals surface area contributed by atoms with Crippen molar-refractivity contribution in [2.45, 2.75) is 12.8 Å². The van der Waals surface area contributed by atoms with Crippen LogP contribution in [-0.2, 0) is 0 Å². The molecule has 2 N–H and O–H groups in total. The lowest BCUT2D eigenvalue weighted by molar-refractivity contribution is 0.423. The van der Waals surface area contributed by atoms with Crippen molar-refractivity contribution in [3.63, 3.8) is 0 Å². The Morgan fingerprint density at radius 3 is 3.20 bits per heavy atom. The summed E-state index contributed by atoms with van der Waals surface area (Å²) in [5.41, 5.74) is 6.97. The lowest BCUT2D eigenvalue weighted by atomic mass is 9.98. The molecule has 2 heterocycles. The second-order valence-electron chi connectivity index (χ2n) is 4.02. The maximum atomic E-state index is 5.73. The highest BCUT2D eigenvalue weighted by molar-refractivity contribution is 9.10. The Kier molecular flexibility index (Phi) is 3.59. The molecule has 0 saturated carbocycles. The summed E-state index contributed by atoms with van der Waals surface area (Å²) in [7, 11) is 0.